The normalized spacial score (nSPS) is 11.6. The first-order valence-electron chi connectivity index (χ1n) is 6.11. The number of nitrogens with one attached hydrogen (secondary N) is 1. The van der Waals surface area contributed by atoms with E-state index in [1.807, 2.05) is 33.8 Å². The lowest BCUT2D eigenvalue weighted by Gasteiger charge is -2.16. The molecule has 0 bridgehead atoms. The van der Waals surface area contributed by atoms with Crippen LogP contribution in [0.5, 0.6) is 0 Å². The first-order valence-corrected chi connectivity index (χ1v) is 6.11. The Morgan fingerprint density at radius 3 is 2.79 bits per heavy atom. The minimum absolute atomic E-state index is 0.0393. The summed E-state index contributed by atoms with van der Waals surface area (Å²) in [5.41, 5.74) is 1.09. The van der Waals surface area contributed by atoms with Crippen molar-refractivity contribution in [3.63, 3.8) is 0 Å². The molecule has 6 heteroatoms. The maximum Gasteiger partial charge on any atom is 0.229 e. The highest BCUT2D eigenvalue weighted by Crippen LogP contribution is 2.17. The van der Waals surface area contributed by atoms with Crippen LogP contribution in [-0.4, -0.2) is 20.8 Å². The van der Waals surface area contributed by atoms with Crippen LogP contribution in [0.2, 0.25) is 0 Å². The maximum atomic E-state index is 11.8. The van der Waals surface area contributed by atoms with E-state index in [-0.39, 0.29) is 5.91 Å². The molecule has 2 rings (SSSR count). The summed E-state index contributed by atoms with van der Waals surface area (Å²) in [5, 5.41) is 10.8. The van der Waals surface area contributed by atoms with E-state index in [9.17, 15) is 4.79 Å². The van der Waals surface area contributed by atoms with E-state index in [2.05, 4.69) is 15.6 Å². The fourth-order valence-corrected chi connectivity index (χ4v) is 1.48. The standard InChI is InChI=1S/C13H18N4O2/c1-9-5-11(19-16-9)8-17-7-10(6-14-17)15-12(18)13(2,3)4/h5-7H,8H2,1-4H3,(H,15,18). The number of nitrogens with zero attached hydrogens (tertiary/aromatic N) is 3. The number of rotatable bonds is 3. The number of hydrogen-bond acceptors (Lipinski definition) is 4. The first kappa shape index (κ1) is 13.3. The van der Waals surface area contributed by atoms with Gasteiger partial charge in [-0.2, -0.15) is 5.10 Å². The second-order valence-corrected chi connectivity index (χ2v) is 5.57. The quantitative estimate of drug-likeness (QED) is 0.920. The zero-order valence-electron chi connectivity index (χ0n) is 11.6. The molecule has 1 N–H and O–H groups in total. The minimum Gasteiger partial charge on any atom is -0.359 e. The Morgan fingerprint density at radius 1 is 1.47 bits per heavy atom. The van der Waals surface area contributed by atoms with Gasteiger partial charge in [-0.1, -0.05) is 25.9 Å². The van der Waals surface area contributed by atoms with Crippen LogP contribution in [0.25, 0.3) is 0 Å². The Labute approximate surface area is 111 Å². The average molecular weight is 262 g/mol. The molecular formula is C13H18N4O2. The van der Waals surface area contributed by atoms with Crippen LogP contribution in [0.3, 0.4) is 0 Å². The SMILES string of the molecule is Cc1cc(Cn2cc(NC(=O)C(C)(C)C)cn2)on1. The summed E-state index contributed by atoms with van der Waals surface area (Å²) in [7, 11) is 0. The summed E-state index contributed by atoms with van der Waals surface area (Å²) in [6.45, 7) is 7.95. The van der Waals surface area contributed by atoms with Crippen molar-refractivity contribution < 1.29 is 9.32 Å². The van der Waals surface area contributed by atoms with Crippen LogP contribution < -0.4 is 5.32 Å². The van der Waals surface area contributed by atoms with E-state index in [0.717, 1.165) is 11.5 Å². The van der Waals surface area contributed by atoms with Crippen molar-refractivity contribution in [1.82, 2.24) is 14.9 Å². The molecule has 0 fully saturated rings. The van der Waals surface area contributed by atoms with Gasteiger partial charge in [-0.15, -0.1) is 0 Å². The molecule has 0 aliphatic heterocycles. The molecule has 6 nitrogen and oxygen atoms in total. The molecule has 0 radical (unpaired) electrons. The summed E-state index contributed by atoms with van der Waals surface area (Å²) in [4.78, 5) is 11.8. The van der Waals surface area contributed by atoms with E-state index in [0.29, 0.717) is 12.2 Å². The third-order valence-electron chi connectivity index (χ3n) is 2.57. The van der Waals surface area contributed by atoms with Gasteiger partial charge in [0.25, 0.3) is 0 Å². The van der Waals surface area contributed by atoms with Gasteiger partial charge in [-0.25, -0.2) is 0 Å². The number of hydrogen-bond donors (Lipinski definition) is 1. The summed E-state index contributed by atoms with van der Waals surface area (Å²) in [6, 6.07) is 1.86. The minimum atomic E-state index is -0.426. The van der Waals surface area contributed by atoms with E-state index in [1.165, 1.54) is 0 Å². The smallest absolute Gasteiger partial charge is 0.229 e. The van der Waals surface area contributed by atoms with Gasteiger partial charge < -0.3 is 9.84 Å². The summed E-state index contributed by atoms with van der Waals surface area (Å²) >= 11 is 0. The maximum absolute atomic E-state index is 11.8. The van der Waals surface area contributed by atoms with Gasteiger partial charge >= 0.3 is 0 Å². The third-order valence-corrected chi connectivity index (χ3v) is 2.57. The summed E-state index contributed by atoms with van der Waals surface area (Å²) in [5.74, 6) is 0.692. The van der Waals surface area contributed by atoms with Crippen molar-refractivity contribution in [2.45, 2.75) is 34.2 Å². The van der Waals surface area contributed by atoms with Crippen molar-refractivity contribution in [3.8, 4) is 0 Å². The molecular weight excluding hydrogens is 244 g/mol. The summed E-state index contributed by atoms with van der Waals surface area (Å²) < 4.78 is 6.81. The number of carbonyl (C=O) groups is 1. The highest BCUT2D eigenvalue weighted by Gasteiger charge is 2.21. The fourth-order valence-electron chi connectivity index (χ4n) is 1.48. The van der Waals surface area contributed by atoms with E-state index < -0.39 is 5.41 Å². The van der Waals surface area contributed by atoms with Gasteiger partial charge in [-0.3, -0.25) is 9.48 Å². The molecule has 0 unspecified atom stereocenters. The lowest BCUT2D eigenvalue weighted by Crippen LogP contribution is -2.27. The van der Waals surface area contributed by atoms with Crippen molar-refractivity contribution in [2.24, 2.45) is 5.41 Å². The van der Waals surface area contributed by atoms with Crippen LogP contribution in [-0.2, 0) is 11.3 Å². The average Bonchev–Trinajstić information content (AvgIpc) is 2.88. The molecule has 0 aliphatic carbocycles. The second-order valence-electron chi connectivity index (χ2n) is 5.57. The number of carbonyl (C=O) groups excluding carboxylic acids is 1. The van der Waals surface area contributed by atoms with Crippen molar-refractivity contribution in [2.75, 3.05) is 5.32 Å². The topological polar surface area (TPSA) is 73.0 Å². The molecule has 0 saturated carbocycles. The van der Waals surface area contributed by atoms with Gasteiger partial charge in [0, 0.05) is 17.7 Å². The zero-order valence-corrected chi connectivity index (χ0v) is 11.6. The van der Waals surface area contributed by atoms with Gasteiger partial charge in [0.1, 0.15) is 6.54 Å². The first-order chi connectivity index (χ1) is 8.84. The molecule has 0 saturated heterocycles. The molecule has 19 heavy (non-hydrogen) atoms. The van der Waals surface area contributed by atoms with Crippen molar-refractivity contribution >= 4 is 11.6 Å². The highest BCUT2D eigenvalue weighted by molar-refractivity contribution is 5.94. The Kier molecular flexibility index (Phi) is 3.42. The van der Waals surface area contributed by atoms with Crippen molar-refractivity contribution in [1.29, 1.82) is 0 Å². The van der Waals surface area contributed by atoms with E-state index in [1.54, 1.807) is 17.1 Å². The number of anilines is 1. The van der Waals surface area contributed by atoms with Gasteiger partial charge in [0.2, 0.25) is 5.91 Å². The third kappa shape index (κ3) is 3.43. The van der Waals surface area contributed by atoms with Gasteiger partial charge in [0.15, 0.2) is 5.76 Å². The molecule has 2 aromatic heterocycles. The van der Waals surface area contributed by atoms with Crippen LogP contribution in [0, 0.1) is 12.3 Å². The predicted molar refractivity (Wildman–Crippen MR) is 70.7 cm³/mol. The van der Waals surface area contributed by atoms with Crippen LogP contribution in [0.1, 0.15) is 32.2 Å². The summed E-state index contributed by atoms with van der Waals surface area (Å²) in [6.07, 6.45) is 3.38. The predicted octanol–water partition coefficient (Wildman–Crippen LogP) is 2.21. The molecule has 1 amide bonds. The number of amides is 1. The van der Waals surface area contributed by atoms with Gasteiger partial charge in [0.05, 0.1) is 17.6 Å². The molecule has 0 aliphatic rings. The van der Waals surface area contributed by atoms with Gasteiger partial charge in [-0.05, 0) is 6.92 Å². The highest BCUT2D eigenvalue weighted by atomic mass is 16.5. The Morgan fingerprint density at radius 2 is 2.21 bits per heavy atom. The molecule has 102 valence electrons. The zero-order chi connectivity index (χ0) is 14.0. The molecule has 0 spiro atoms. The number of aryl methyl sites for hydroxylation is 1. The lowest BCUT2D eigenvalue weighted by atomic mass is 9.96. The molecule has 0 aromatic carbocycles. The van der Waals surface area contributed by atoms with Crippen LogP contribution in [0.4, 0.5) is 5.69 Å². The van der Waals surface area contributed by atoms with Crippen LogP contribution >= 0.6 is 0 Å². The Balaban J connectivity index is 2.01. The van der Waals surface area contributed by atoms with E-state index >= 15 is 0 Å². The number of aromatic nitrogens is 3. The Hall–Kier alpha value is -2.11. The van der Waals surface area contributed by atoms with E-state index in [4.69, 9.17) is 4.52 Å². The lowest BCUT2D eigenvalue weighted by molar-refractivity contribution is -0.123. The molecule has 2 aromatic rings. The second kappa shape index (κ2) is 4.87. The molecule has 2 heterocycles. The fraction of sp³-hybridized carbons (Fsp3) is 0.462. The molecule has 0 atom stereocenters. The van der Waals surface area contributed by atoms with Crippen molar-refractivity contribution in [3.05, 3.63) is 29.9 Å². The Bertz CT molecular complexity index is 577. The largest absolute Gasteiger partial charge is 0.359 e. The monoisotopic (exact) mass is 262 g/mol. The van der Waals surface area contributed by atoms with Crippen LogP contribution in [0.15, 0.2) is 23.0 Å².